The van der Waals surface area contributed by atoms with Gasteiger partial charge in [-0.1, -0.05) is 17.7 Å². The Morgan fingerprint density at radius 3 is 2.26 bits per heavy atom. The normalized spacial score (nSPS) is 13.2. The van der Waals surface area contributed by atoms with Crippen LogP contribution in [0.3, 0.4) is 0 Å². The van der Waals surface area contributed by atoms with Crippen LogP contribution >= 0.6 is 11.6 Å². The molecule has 0 spiro atoms. The number of nitrogens with one attached hydrogen (secondary N) is 1. The average Bonchev–Trinajstić information content (AvgIpc) is 2.70. The number of halogens is 3. The molecule has 1 aromatic heterocycles. The van der Waals surface area contributed by atoms with Crippen LogP contribution in [0.5, 0.6) is 0 Å². The molecule has 0 saturated carbocycles. The lowest BCUT2D eigenvalue weighted by Gasteiger charge is -2.19. The summed E-state index contributed by atoms with van der Waals surface area (Å²) in [7, 11) is -7.69. The third kappa shape index (κ3) is 5.65. The topological polar surface area (TPSA) is 93.2 Å². The van der Waals surface area contributed by atoms with Gasteiger partial charge in [0.05, 0.1) is 16.8 Å². The molecule has 1 heterocycles. The number of hydrogen-bond acceptors (Lipinski definition) is 5. The quantitative estimate of drug-likeness (QED) is 0.550. The van der Waals surface area contributed by atoms with Gasteiger partial charge in [-0.25, -0.2) is 30.3 Å². The Labute approximate surface area is 183 Å². The zero-order valence-electron chi connectivity index (χ0n) is 16.1. The zero-order chi connectivity index (χ0) is 22.8. The lowest BCUT2D eigenvalue weighted by molar-refractivity contribution is 0.568. The van der Waals surface area contributed by atoms with Crippen molar-refractivity contribution in [3.63, 3.8) is 0 Å². The van der Waals surface area contributed by atoms with Crippen LogP contribution in [0.1, 0.15) is 22.1 Å². The van der Waals surface area contributed by atoms with Gasteiger partial charge in [0.2, 0.25) is 10.0 Å². The first-order chi connectivity index (χ1) is 14.5. The second kappa shape index (κ2) is 8.99. The second-order valence-electron chi connectivity index (χ2n) is 6.73. The first-order valence-electron chi connectivity index (χ1n) is 8.81. The van der Waals surface area contributed by atoms with Crippen molar-refractivity contribution in [1.82, 2.24) is 9.71 Å². The Hall–Kier alpha value is -2.40. The molecule has 0 fully saturated rings. The summed E-state index contributed by atoms with van der Waals surface area (Å²) in [6, 6.07) is 10.6. The van der Waals surface area contributed by atoms with Crippen LogP contribution in [0.4, 0.5) is 8.78 Å². The standard InChI is InChI=1S/C20H17ClF2N2O4S2/c1-30(26,27)25-12-13-2-9-19(24-11-13)20(17-10-15(22)5-8-18(17)23)31(28,29)16-6-3-14(21)4-7-16/h2-11,20,25H,12H2,1H3. The van der Waals surface area contributed by atoms with E-state index >= 15 is 0 Å². The maximum absolute atomic E-state index is 14.6. The molecule has 0 saturated heterocycles. The SMILES string of the molecule is CS(=O)(=O)NCc1ccc(C(c2cc(F)ccc2F)S(=O)(=O)c2ccc(Cl)cc2)nc1. The van der Waals surface area contributed by atoms with Gasteiger partial charge in [-0.2, -0.15) is 0 Å². The summed E-state index contributed by atoms with van der Waals surface area (Å²) in [5.74, 6) is -1.71. The summed E-state index contributed by atoms with van der Waals surface area (Å²) in [5.41, 5.74) is 0.00328. The van der Waals surface area contributed by atoms with Crippen LogP contribution in [0.15, 0.2) is 65.7 Å². The molecule has 0 aliphatic carbocycles. The van der Waals surface area contributed by atoms with E-state index in [4.69, 9.17) is 11.6 Å². The van der Waals surface area contributed by atoms with Gasteiger partial charge in [-0.3, -0.25) is 4.98 Å². The van der Waals surface area contributed by atoms with Gasteiger partial charge < -0.3 is 0 Å². The molecule has 31 heavy (non-hydrogen) atoms. The molecule has 0 radical (unpaired) electrons. The molecule has 1 N–H and O–H groups in total. The fraction of sp³-hybridized carbons (Fsp3) is 0.150. The van der Waals surface area contributed by atoms with Crippen molar-refractivity contribution in [1.29, 1.82) is 0 Å². The first-order valence-corrected chi connectivity index (χ1v) is 12.6. The molecule has 11 heteroatoms. The summed E-state index contributed by atoms with van der Waals surface area (Å²) in [4.78, 5) is 3.96. The zero-order valence-corrected chi connectivity index (χ0v) is 18.5. The predicted molar refractivity (Wildman–Crippen MR) is 113 cm³/mol. The first kappa shape index (κ1) is 23.3. The Bertz CT molecular complexity index is 1300. The molecular formula is C20H17ClF2N2O4S2. The second-order valence-corrected chi connectivity index (χ2v) is 11.0. The maximum atomic E-state index is 14.6. The molecule has 6 nitrogen and oxygen atoms in total. The lowest BCUT2D eigenvalue weighted by Crippen LogP contribution is -2.22. The van der Waals surface area contributed by atoms with Crippen molar-refractivity contribution in [3.05, 3.63) is 94.3 Å². The molecular weight excluding hydrogens is 470 g/mol. The lowest BCUT2D eigenvalue weighted by atomic mass is 10.1. The summed E-state index contributed by atoms with van der Waals surface area (Å²) in [6.45, 7) is -0.0605. The van der Waals surface area contributed by atoms with Gasteiger partial charge in [0.25, 0.3) is 0 Å². The Morgan fingerprint density at radius 1 is 1.00 bits per heavy atom. The Kier molecular flexibility index (Phi) is 6.75. The summed E-state index contributed by atoms with van der Waals surface area (Å²) in [6.07, 6.45) is 2.27. The third-order valence-electron chi connectivity index (χ3n) is 4.35. The van der Waals surface area contributed by atoms with Crippen molar-refractivity contribution in [2.45, 2.75) is 16.7 Å². The third-order valence-corrected chi connectivity index (χ3v) is 7.31. The van der Waals surface area contributed by atoms with Crippen LogP contribution in [-0.2, 0) is 26.4 Å². The highest BCUT2D eigenvalue weighted by Crippen LogP contribution is 2.36. The average molecular weight is 487 g/mol. The van der Waals surface area contributed by atoms with E-state index in [-0.39, 0.29) is 17.1 Å². The van der Waals surface area contributed by atoms with Crippen LogP contribution in [0, 0.1) is 11.6 Å². The fourth-order valence-corrected chi connectivity index (χ4v) is 5.19. The number of pyridine rings is 1. The molecule has 2 aromatic carbocycles. The number of hydrogen-bond donors (Lipinski definition) is 1. The maximum Gasteiger partial charge on any atom is 0.209 e. The largest absolute Gasteiger partial charge is 0.259 e. The van der Waals surface area contributed by atoms with E-state index in [2.05, 4.69) is 9.71 Å². The van der Waals surface area contributed by atoms with Crippen LogP contribution in [-0.4, -0.2) is 28.1 Å². The monoisotopic (exact) mass is 486 g/mol. The molecule has 0 bridgehead atoms. The van der Waals surface area contributed by atoms with Crippen LogP contribution < -0.4 is 4.72 Å². The van der Waals surface area contributed by atoms with E-state index in [1.54, 1.807) is 0 Å². The van der Waals surface area contributed by atoms with Crippen molar-refractivity contribution < 1.29 is 25.6 Å². The van der Waals surface area contributed by atoms with Crippen molar-refractivity contribution in [3.8, 4) is 0 Å². The molecule has 164 valence electrons. The van der Waals surface area contributed by atoms with Gasteiger partial charge in [0, 0.05) is 23.3 Å². The van der Waals surface area contributed by atoms with Gasteiger partial charge in [-0.05, 0) is 54.1 Å². The minimum atomic E-state index is -4.25. The molecule has 0 aliphatic rings. The summed E-state index contributed by atoms with van der Waals surface area (Å²) < 4.78 is 80.0. The van der Waals surface area contributed by atoms with E-state index in [9.17, 15) is 25.6 Å². The predicted octanol–water partition coefficient (Wildman–Crippen LogP) is 3.63. The summed E-state index contributed by atoms with van der Waals surface area (Å²) >= 11 is 5.84. The Morgan fingerprint density at radius 2 is 1.68 bits per heavy atom. The van der Waals surface area contributed by atoms with Crippen molar-refractivity contribution in [2.75, 3.05) is 6.26 Å². The highest BCUT2D eigenvalue weighted by atomic mass is 35.5. The molecule has 1 atom stereocenters. The van der Waals surface area contributed by atoms with E-state index in [0.717, 1.165) is 24.5 Å². The highest BCUT2D eigenvalue weighted by Gasteiger charge is 2.34. The number of benzene rings is 2. The smallest absolute Gasteiger partial charge is 0.209 e. The van der Waals surface area contributed by atoms with Gasteiger partial charge in [0.1, 0.15) is 16.9 Å². The molecule has 3 rings (SSSR count). The van der Waals surface area contributed by atoms with Gasteiger partial charge in [-0.15, -0.1) is 0 Å². The Balaban J connectivity index is 2.11. The fourth-order valence-electron chi connectivity index (χ4n) is 2.87. The van der Waals surface area contributed by atoms with Crippen molar-refractivity contribution in [2.24, 2.45) is 0 Å². The van der Waals surface area contributed by atoms with Crippen LogP contribution in [0.2, 0.25) is 5.02 Å². The van der Waals surface area contributed by atoms with Crippen LogP contribution in [0.25, 0.3) is 0 Å². The van der Waals surface area contributed by atoms with E-state index < -0.39 is 42.3 Å². The molecule has 1 unspecified atom stereocenters. The highest BCUT2D eigenvalue weighted by molar-refractivity contribution is 7.92. The molecule has 0 amide bonds. The number of nitrogens with zero attached hydrogens (tertiary/aromatic N) is 1. The van der Waals surface area contributed by atoms with Gasteiger partial charge in [0.15, 0.2) is 9.84 Å². The molecule has 0 aliphatic heterocycles. The van der Waals surface area contributed by atoms with E-state index in [0.29, 0.717) is 10.6 Å². The number of sulfonamides is 1. The minimum absolute atomic E-state index is 0.0532. The minimum Gasteiger partial charge on any atom is -0.259 e. The van der Waals surface area contributed by atoms with E-state index in [1.165, 1.54) is 42.6 Å². The summed E-state index contributed by atoms with van der Waals surface area (Å²) in [5, 5.41) is -1.32. The van der Waals surface area contributed by atoms with E-state index in [1.807, 2.05) is 0 Å². The van der Waals surface area contributed by atoms with Crippen molar-refractivity contribution >= 4 is 31.5 Å². The number of aromatic nitrogens is 1. The number of sulfone groups is 1. The molecule has 3 aromatic rings. The van der Waals surface area contributed by atoms with Gasteiger partial charge >= 0.3 is 0 Å². The number of rotatable bonds is 7.